The Morgan fingerprint density at radius 3 is 2.43 bits per heavy atom. The molecule has 0 radical (unpaired) electrons. The minimum atomic E-state index is -3.81. The largest absolute Gasteiger partial charge is 0.352 e. The quantitative estimate of drug-likeness (QED) is 0.788. The first-order valence-electron chi connectivity index (χ1n) is 7.05. The molecule has 21 heavy (non-hydrogen) atoms. The fourth-order valence-corrected chi connectivity index (χ4v) is 2.66. The predicted octanol–water partition coefficient (Wildman–Crippen LogP) is 2.12. The van der Waals surface area contributed by atoms with Crippen molar-refractivity contribution in [2.75, 3.05) is 6.54 Å². The van der Waals surface area contributed by atoms with E-state index in [1.165, 1.54) is 12.1 Å². The molecule has 0 aliphatic carbocycles. The lowest BCUT2D eigenvalue weighted by molar-refractivity contribution is 0.0951. The van der Waals surface area contributed by atoms with Gasteiger partial charge in [0.1, 0.15) is 0 Å². The van der Waals surface area contributed by atoms with Crippen LogP contribution in [0.5, 0.6) is 0 Å². The Morgan fingerprint density at radius 1 is 1.29 bits per heavy atom. The molecule has 0 heterocycles. The van der Waals surface area contributed by atoms with Crippen LogP contribution in [0, 0.1) is 19.8 Å². The Hall–Kier alpha value is -1.40. The second kappa shape index (κ2) is 7.04. The topological polar surface area (TPSA) is 89.3 Å². The molecular weight excluding hydrogens is 288 g/mol. The lowest BCUT2D eigenvalue weighted by Gasteiger charge is -2.12. The zero-order chi connectivity index (χ0) is 16.2. The van der Waals surface area contributed by atoms with Crippen molar-refractivity contribution in [1.82, 2.24) is 5.32 Å². The third-order valence-electron chi connectivity index (χ3n) is 3.46. The summed E-state index contributed by atoms with van der Waals surface area (Å²) in [4.78, 5) is 12.2. The van der Waals surface area contributed by atoms with Crippen molar-refractivity contribution >= 4 is 15.9 Å². The molecule has 0 aliphatic rings. The highest BCUT2D eigenvalue weighted by molar-refractivity contribution is 7.89. The van der Waals surface area contributed by atoms with Gasteiger partial charge < -0.3 is 5.32 Å². The number of sulfonamides is 1. The van der Waals surface area contributed by atoms with Gasteiger partial charge in [-0.3, -0.25) is 4.79 Å². The summed E-state index contributed by atoms with van der Waals surface area (Å²) in [5.74, 6) is 0.335. The van der Waals surface area contributed by atoms with Gasteiger partial charge in [-0.1, -0.05) is 13.8 Å². The van der Waals surface area contributed by atoms with Crippen LogP contribution in [0.3, 0.4) is 0 Å². The summed E-state index contributed by atoms with van der Waals surface area (Å²) in [6.07, 6.45) is 1.94. The summed E-state index contributed by atoms with van der Waals surface area (Å²) in [6.45, 7) is 8.40. The van der Waals surface area contributed by atoms with Gasteiger partial charge >= 0.3 is 0 Å². The first-order chi connectivity index (χ1) is 9.62. The molecule has 3 N–H and O–H groups in total. The molecule has 0 unspecified atom stereocenters. The summed E-state index contributed by atoms with van der Waals surface area (Å²) in [5.41, 5.74) is 1.86. The van der Waals surface area contributed by atoms with E-state index in [2.05, 4.69) is 19.2 Å². The molecule has 0 saturated heterocycles. The van der Waals surface area contributed by atoms with Crippen LogP contribution in [0.1, 0.15) is 48.2 Å². The number of benzene rings is 1. The van der Waals surface area contributed by atoms with Crippen LogP contribution in [-0.4, -0.2) is 20.9 Å². The van der Waals surface area contributed by atoms with Crippen molar-refractivity contribution < 1.29 is 13.2 Å². The molecule has 0 aromatic heterocycles. The van der Waals surface area contributed by atoms with Crippen LogP contribution in [0.2, 0.25) is 0 Å². The van der Waals surface area contributed by atoms with Crippen LogP contribution < -0.4 is 10.5 Å². The van der Waals surface area contributed by atoms with E-state index in [9.17, 15) is 13.2 Å². The van der Waals surface area contributed by atoms with Gasteiger partial charge in [0.25, 0.3) is 5.91 Å². The number of aryl methyl sites for hydroxylation is 1. The van der Waals surface area contributed by atoms with E-state index in [0.717, 1.165) is 24.0 Å². The summed E-state index contributed by atoms with van der Waals surface area (Å²) in [5, 5.41) is 7.97. The molecule has 0 fully saturated rings. The molecule has 0 atom stereocenters. The number of carbonyl (C=O) groups is 1. The molecule has 1 rings (SSSR count). The molecule has 0 saturated carbocycles. The zero-order valence-electron chi connectivity index (χ0n) is 13.1. The number of rotatable bonds is 6. The molecule has 5 nitrogen and oxygen atoms in total. The molecule has 118 valence electrons. The van der Waals surface area contributed by atoms with E-state index >= 15 is 0 Å². The van der Waals surface area contributed by atoms with Gasteiger partial charge in [-0.25, -0.2) is 13.6 Å². The highest BCUT2D eigenvalue weighted by Gasteiger charge is 2.16. The van der Waals surface area contributed by atoms with Crippen LogP contribution in [-0.2, 0) is 10.0 Å². The molecule has 0 bridgehead atoms. The Bertz CT molecular complexity index is 622. The lowest BCUT2D eigenvalue weighted by Crippen LogP contribution is -2.26. The molecule has 1 aromatic rings. The third kappa shape index (κ3) is 5.13. The van der Waals surface area contributed by atoms with E-state index < -0.39 is 10.0 Å². The van der Waals surface area contributed by atoms with E-state index in [0.29, 0.717) is 18.0 Å². The molecule has 0 spiro atoms. The number of hydrogen-bond donors (Lipinski definition) is 2. The maximum Gasteiger partial charge on any atom is 0.251 e. The van der Waals surface area contributed by atoms with E-state index in [-0.39, 0.29) is 10.8 Å². The maximum atomic E-state index is 12.2. The molecule has 1 aromatic carbocycles. The number of hydrogen-bond acceptors (Lipinski definition) is 3. The van der Waals surface area contributed by atoms with Crippen molar-refractivity contribution in [2.45, 2.75) is 45.4 Å². The van der Waals surface area contributed by atoms with Gasteiger partial charge in [-0.15, -0.1) is 0 Å². The minimum Gasteiger partial charge on any atom is -0.352 e. The summed E-state index contributed by atoms with van der Waals surface area (Å²) in [7, 11) is -3.81. The van der Waals surface area contributed by atoms with Crippen molar-refractivity contribution in [3.8, 4) is 0 Å². The standard InChI is InChI=1S/C15H24N2O3S/c1-10(2)6-5-7-17-15(18)14-9-13(21(16,19)20)8-11(3)12(14)4/h8-10H,5-7H2,1-4H3,(H,17,18)(H2,16,19,20). The average Bonchev–Trinajstić information content (AvgIpc) is 2.35. The predicted molar refractivity (Wildman–Crippen MR) is 83.7 cm³/mol. The number of primary sulfonamides is 1. The van der Waals surface area contributed by atoms with Crippen molar-refractivity contribution in [2.24, 2.45) is 11.1 Å². The highest BCUT2D eigenvalue weighted by Crippen LogP contribution is 2.19. The van der Waals surface area contributed by atoms with Crippen LogP contribution in [0.15, 0.2) is 17.0 Å². The van der Waals surface area contributed by atoms with Gasteiger partial charge in [-0.05, 0) is 55.9 Å². The van der Waals surface area contributed by atoms with E-state index in [4.69, 9.17) is 5.14 Å². The lowest BCUT2D eigenvalue weighted by atomic mass is 10.0. The fourth-order valence-electron chi connectivity index (χ4n) is 2.03. The first-order valence-corrected chi connectivity index (χ1v) is 8.59. The summed E-state index contributed by atoms with van der Waals surface area (Å²) in [6, 6.07) is 2.83. The molecule has 6 heteroatoms. The normalized spacial score (nSPS) is 11.7. The summed E-state index contributed by atoms with van der Waals surface area (Å²) >= 11 is 0. The average molecular weight is 312 g/mol. The zero-order valence-corrected chi connectivity index (χ0v) is 13.9. The Kier molecular flexibility index (Phi) is 5.92. The van der Waals surface area contributed by atoms with Gasteiger partial charge in [0.05, 0.1) is 4.90 Å². The van der Waals surface area contributed by atoms with Crippen LogP contribution in [0.25, 0.3) is 0 Å². The number of amides is 1. The monoisotopic (exact) mass is 312 g/mol. The molecule has 0 aliphatic heterocycles. The second-order valence-corrected chi connectivity index (χ2v) is 7.31. The van der Waals surface area contributed by atoms with Crippen molar-refractivity contribution in [3.05, 3.63) is 28.8 Å². The Labute approximate surface area is 127 Å². The molecule has 1 amide bonds. The SMILES string of the molecule is Cc1cc(S(N)(=O)=O)cc(C(=O)NCCCC(C)C)c1C. The fraction of sp³-hybridized carbons (Fsp3) is 0.533. The van der Waals surface area contributed by atoms with Gasteiger partial charge in [-0.2, -0.15) is 0 Å². The Balaban J connectivity index is 2.91. The van der Waals surface area contributed by atoms with Crippen LogP contribution in [0.4, 0.5) is 0 Å². The van der Waals surface area contributed by atoms with Gasteiger partial charge in [0, 0.05) is 12.1 Å². The first kappa shape index (κ1) is 17.7. The second-order valence-electron chi connectivity index (χ2n) is 5.75. The number of nitrogens with two attached hydrogens (primary N) is 1. The smallest absolute Gasteiger partial charge is 0.251 e. The highest BCUT2D eigenvalue weighted by atomic mass is 32.2. The van der Waals surface area contributed by atoms with Gasteiger partial charge in [0.2, 0.25) is 10.0 Å². The maximum absolute atomic E-state index is 12.2. The minimum absolute atomic E-state index is 0.0297. The number of carbonyl (C=O) groups excluding carboxylic acids is 1. The van der Waals surface area contributed by atoms with Crippen molar-refractivity contribution in [1.29, 1.82) is 0 Å². The molecular formula is C15H24N2O3S. The van der Waals surface area contributed by atoms with E-state index in [1.54, 1.807) is 13.8 Å². The third-order valence-corrected chi connectivity index (χ3v) is 4.35. The number of nitrogens with one attached hydrogen (secondary N) is 1. The Morgan fingerprint density at radius 2 is 1.90 bits per heavy atom. The van der Waals surface area contributed by atoms with E-state index in [1.807, 2.05) is 0 Å². The van der Waals surface area contributed by atoms with Gasteiger partial charge in [0.15, 0.2) is 0 Å². The van der Waals surface area contributed by atoms with Crippen molar-refractivity contribution in [3.63, 3.8) is 0 Å². The summed E-state index contributed by atoms with van der Waals surface area (Å²) < 4.78 is 22.9. The van der Waals surface area contributed by atoms with Crippen LogP contribution >= 0.6 is 0 Å².